The minimum atomic E-state index is -0.658. The summed E-state index contributed by atoms with van der Waals surface area (Å²) in [4.78, 5) is 15.3. The van der Waals surface area contributed by atoms with Crippen LogP contribution in [0.15, 0.2) is 48.5 Å². The van der Waals surface area contributed by atoms with Gasteiger partial charge in [-0.1, -0.05) is 44.2 Å². The Hall–Kier alpha value is -2.64. The van der Waals surface area contributed by atoms with Crippen LogP contribution in [0, 0.1) is 16.0 Å². The summed E-state index contributed by atoms with van der Waals surface area (Å²) < 4.78 is 5.96. The van der Waals surface area contributed by atoms with Crippen LogP contribution in [0.1, 0.15) is 32.3 Å². The van der Waals surface area contributed by atoms with Crippen LogP contribution in [-0.2, 0) is 6.42 Å². The molecular formula is C25H35N3O4. The number of nitrogens with zero attached hydrogens (tertiary/aromatic N) is 3. The van der Waals surface area contributed by atoms with E-state index in [0.29, 0.717) is 18.2 Å². The Morgan fingerprint density at radius 2 is 1.97 bits per heavy atom. The Morgan fingerprint density at radius 1 is 1.22 bits per heavy atom. The van der Waals surface area contributed by atoms with Crippen molar-refractivity contribution in [2.45, 2.75) is 39.2 Å². The summed E-state index contributed by atoms with van der Waals surface area (Å²) in [5, 5.41) is 21.8. The number of likely N-dealkylation sites (N-methyl/N-ethyl adjacent to an activating group) is 1. The number of hydrogen-bond donors (Lipinski definition) is 1. The molecule has 0 saturated carbocycles. The van der Waals surface area contributed by atoms with Crippen molar-refractivity contribution in [1.29, 1.82) is 0 Å². The van der Waals surface area contributed by atoms with E-state index in [9.17, 15) is 15.2 Å². The molecular weight excluding hydrogens is 406 g/mol. The number of benzene rings is 2. The normalized spacial score (nSPS) is 17.4. The second-order valence-corrected chi connectivity index (χ2v) is 8.50. The summed E-state index contributed by atoms with van der Waals surface area (Å²) in [5.74, 6) is 0.987. The fourth-order valence-corrected chi connectivity index (χ4v) is 4.41. The first-order valence-electron chi connectivity index (χ1n) is 11.6. The SMILES string of the molecule is CCN(CC)CC(O)COc1cc([N+](=O)[O-])ccc1N1CCCC(Cc2ccccc2)C1. The molecule has 0 spiro atoms. The van der Waals surface area contributed by atoms with Crippen LogP contribution in [0.4, 0.5) is 11.4 Å². The van der Waals surface area contributed by atoms with Gasteiger partial charge in [0.05, 0.1) is 16.7 Å². The zero-order chi connectivity index (χ0) is 22.9. The molecule has 2 aromatic carbocycles. The van der Waals surface area contributed by atoms with Gasteiger partial charge in [-0.2, -0.15) is 0 Å². The highest BCUT2D eigenvalue weighted by atomic mass is 16.6. The monoisotopic (exact) mass is 441 g/mol. The Balaban J connectivity index is 1.72. The standard InChI is InChI=1S/C25H35N3O4/c1-3-26(4-2)18-23(29)19-32-25-16-22(28(30)31)12-13-24(25)27-14-8-11-21(17-27)15-20-9-6-5-7-10-20/h5-7,9-10,12-13,16,21,23,29H,3-4,8,11,14-15,17-19H2,1-2H3. The number of aliphatic hydroxyl groups excluding tert-OH is 1. The van der Waals surface area contributed by atoms with Crippen molar-refractivity contribution in [1.82, 2.24) is 4.90 Å². The molecule has 0 bridgehead atoms. The number of non-ortho nitro benzene ring substituents is 1. The summed E-state index contributed by atoms with van der Waals surface area (Å²) in [6.45, 7) is 8.20. The van der Waals surface area contributed by atoms with Crippen LogP contribution in [-0.4, -0.2) is 60.4 Å². The van der Waals surface area contributed by atoms with Crippen LogP contribution in [0.25, 0.3) is 0 Å². The number of anilines is 1. The van der Waals surface area contributed by atoms with Crippen molar-refractivity contribution in [2.24, 2.45) is 5.92 Å². The first kappa shape index (κ1) is 24.0. The lowest BCUT2D eigenvalue weighted by atomic mass is 9.91. The maximum Gasteiger partial charge on any atom is 0.273 e. The predicted octanol–water partition coefficient (Wildman–Crippen LogP) is 4.14. The number of hydrogen-bond acceptors (Lipinski definition) is 6. The quantitative estimate of drug-likeness (QED) is 0.417. The van der Waals surface area contributed by atoms with Gasteiger partial charge < -0.3 is 19.6 Å². The number of piperidine rings is 1. The highest BCUT2D eigenvalue weighted by molar-refractivity contribution is 5.62. The zero-order valence-corrected chi connectivity index (χ0v) is 19.2. The Bertz CT molecular complexity index is 858. The second-order valence-electron chi connectivity index (χ2n) is 8.50. The molecule has 0 aliphatic carbocycles. The Morgan fingerprint density at radius 3 is 2.66 bits per heavy atom. The van der Waals surface area contributed by atoms with Crippen LogP contribution in [0.5, 0.6) is 5.75 Å². The maximum absolute atomic E-state index is 11.3. The molecule has 7 heteroatoms. The zero-order valence-electron chi connectivity index (χ0n) is 19.2. The molecule has 1 aliphatic heterocycles. The van der Waals surface area contributed by atoms with Crippen molar-refractivity contribution in [2.75, 3.05) is 44.2 Å². The fraction of sp³-hybridized carbons (Fsp3) is 0.520. The minimum Gasteiger partial charge on any atom is -0.488 e. The van der Waals surface area contributed by atoms with Gasteiger partial charge in [0.1, 0.15) is 18.5 Å². The molecule has 2 atom stereocenters. The van der Waals surface area contributed by atoms with E-state index in [1.54, 1.807) is 6.07 Å². The van der Waals surface area contributed by atoms with E-state index in [2.05, 4.69) is 47.9 Å². The molecule has 0 radical (unpaired) electrons. The van der Waals surface area contributed by atoms with Crippen molar-refractivity contribution in [3.63, 3.8) is 0 Å². The van der Waals surface area contributed by atoms with Gasteiger partial charge in [-0.25, -0.2) is 0 Å². The molecule has 0 amide bonds. The first-order valence-corrected chi connectivity index (χ1v) is 11.6. The average Bonchev–Trinajstić information content (AvgIpc) is 2.81. The van der Waals surface area contributed by atoms with E-state index in [0.717, 1.165) is 51.1 Å². The van der Waals surface area contributed by atoms with Crippen LogP contribution in [0.2, 0.25) is 0 Å². The largest absolute Gasteiger partial charge is 0.488 e. The number of nitro benzene ring substituents is 1. The van der Waals surface area contributed by atoms with Crippen LogP contribution >= 0.6 is 0 Å². The van der Waals surface area contributed by atoms with Crippen LogP contribution < -0.4 is 9.64 Å². The van der Waals surface area contributed by atoms with E-state index in [1.165, 1.54) is 17.7 Å². The lowest BCUT2D eigenvalue weighted by molar-refractivity contribution is -0.384. The van der Waals surface area contributed by atoms with Gasteiger partial charge >= 0.3 is 0 Å². The summed E-state index contributed by atoms with van der Waals surface area (Å²) >= 11 is 0. The van der Waals surface area contributed by atoms with E-state index in [1.807, 2.05) is 6.07 Å². The van der Waals surface area contributed by atoms with E-state index >= 15 is 0 Å². The highest BCUT2D eigenvalue weighted by Crippen LogP contribution is 2.35. The van der Waals surface area contributed by atoms with Gasteiger partial charge in [0.15, 0.2) is 0 Å². The number of rotatable bonds is 11. The molecule has 7 nitrogen and oxygen atoms in total. The molecule has 174 valence electrons. The molecule has 3 rings (SSSR count). The van der Waals surface area contributed by atoms with Crippen LogP contribution in [0.3, 0.4) is 0 Å². The third kappa shape index (κ3) is 6.68. The van der Waals surface area contributed by atoms with Gasteiger partial charge in [-0.3, -0.25) is 10.1 Å². The van der Waals surface area contributed by atoms with Crippen molar-refractivity contribution >= 4 is 11.4 Å². The third-order valence-corrected chi connectivity index (χ3v) is 6.18. The molecule has 1 saturated heterocycles. The Kier molecular flexibility index (Phi) is 8.88. The minimum absolute atomic E-state index is 0.000160. The number of ether oxygens (including phenoxy) is 1. The summed E-state index contributed by atoms with van der Waals surface area (Å²) in [7, 11) is 0. The van der Waals surface area contributed by atoms with E-state index in [-0.39, 0.29) is 12.3 Å². The van der Waals surface area contributed by atoms with E-state index in [4.69, 9.17) is 4.74 Å². The molecule has 1 aliphatic rings. The first-order chi connectivity index (χ1) is 15.5. The van der Waals surface area contributed by atoms with Gasteiger partial charge in [0.25, 0.3) is 5.69 Å². The molecule has 32 heavy (non-hydrogen) atoms. The van der Waals surface area contributed by atoms with Gasteiger partial charge in [-0.15, -0.1) is 0 Å². The molecule has 0 aromatic heterocycles. The lowest BCUT2D eigenvalue weighted by Gasteiger charge is -2.35. The molecule has 1 heterocycles. The second kappa shape index (κ2) is 11.8. The molecule has 1 N–H and O–H groups in total. The van der Waals surface area contributed by atoms with E-state index < -0.39 is 11.0 Å². The van der Waals surface area contributed by atoms with Gasteiger partial charge in [0.2, 0.25) is 0 Å². The number of aliphatic hydroxyl groups is 1. The molecule has 1 fully saturated rings. The highest BCUT2D eigenvalue weighted by Gasteiger charge is 2.24. The lowest BCUT2D eigenvalue weighted by Crippen LogP contribution is -2.37. The average molecular weight is 442 g/mol. The van der Waals surface area contributed by atoms with Crippen molar-refractivity contribution < 1.29 is 14.8 Å². The summed E-state index contributed by atoms with van der Waals surface area (Å²) in [6.07, 6.45) is 2.59. The van der Waals surface area contributed by atoms with Gasteiger partial charge in [0, 0.05) is 25.7 Å². The maximum atomic E-state index is 11.3. The van der Waals surface area contributed by atoms with Crippen molar-refractivity contribution in [3.8, 4) is 5.75 Å². The van der Waals surface area contributed by atoms with Crippen molar-refractivity contribution in [3.05, 3.63) is 64.2 Å². The third-order valence-electron chi connectivity index (χ3n) is 6.18. The fourth-order valence-electron chi connectivity index (χ4n) is 4.41. The summed E-state index contributed by atoms with van der Waals surface area (Å²) in [6, 6.07) is 15.3. The number of nitro groups is 1. The molecule has 2 unspecified atom stereocenters. The van der Waals surface area contributed by atoms with Gasteiger partial charge in [-0.05, 0) is 49.9 Å². The molecule has 2 aromatic rings. The predicted molar refractivity (Wildman–Crippen MR) is 127 cm³/mol. The summed E-state index contributed by atoms with van der Waals surface area (Å²) in [5.41, 5.74) is 2.20. The Labute approximate surface area is 190 Å². The smallest absolute Gasteiger partial charge is 0.273 e. The topological polar surface area (TPSA) is 79.1 Å².